The van der Waals surface area contributed by atoms with Crippen LogP contribution in [0.25, 0.3) is 22.4 Å². The van der Waals surface area contributed by atoms with Crippen molar-refractivity contribution in [3.05, 3.63) is 96.4 Å². The number of aliphatic carboxylic acids is 1. The predicted octanol–water partition coefficient (Wildman–Crippen LogP) is 6.86. The molecular formula is C28H27F3N2O3. The Hall–Kier alpha value is -4.07. The van der Waals surface area contributed by atoms with E-state index in [0.717, 1.165) is 36.4 Å². The Morgan fingerprint density at radius 2 is 1.58 bits per heavy atom. The van der Waals surface area contributed by atoms with E-state index in [-0.39, 0.29) is 0 Å². The van der Waals surface area contributed by atoms with Crippen LogP contribution >= 0.6 is 0 Å². The third-order valence-electron chi connectivity index (χ3n) is 5.43. The predicted molar refractivity (Wildman–Crippen MR) is 133 cm³/mol. The minimum absolute atomic E-state index is 0.819. The standard InChI is InChI=1S/C26H26N2O.C2HF3O2/c1-3-8-25-26(22-13-15-24(29-2)16-14-22)27-19-28(25)18-20-9-7-12-23(17-20)21-10-5-4-6-11-21;3-2(4,5)1(6)7/h4-7,9-17,19H,3,8,18H2,1-2H3;(H,6,7). The summed E-state index contributed by atoms with van der Waals surface area (Å²) >= 11 is 0. The fraction of sp³-hybridized carbons (Fsp3) is 0.214. The molecule has 0 spiro atoms. The monoisotopic (exact) mass is 496 g/mol. The lowest BCUT2D eigenvalue weighted by molar-refractivity contribution is -0.192. The lowest BCUT2D eigenvalue weighted by Crippen LogP contribution is -2.21. The summed E-state index contributed by atoms with van der Waals surface area (Å²) in [5.74, 6) is -1.89. The lowest BCUT2D eigenvalue weighted by atomic mass is 10.0. The number of aromatic nitrogens is 2. The number of carboxylic acid groups (broad SMARTS) is 1. The first-order valence-electron chi connectivity index (χ1n) is 11.4. The number of rotatable bonds is 7. The van der Waals surface area contributed by atoms with Crippen molar-refractivity contribution < 1.29 is 27.8 Å². The van der Waals surface area contributed by atoms with Gasteiger partial charge in [-0.25, -0.2) is 9.78 Å². The number of ether oxygens (including phenoxy) is 1. The first kappa shape index (κ1) is 26.5. The van der Waals surface area contributed by atoms with Crippen LogP contribution in [0.3, 0.4) is 0 Å². The van der Waals surface area contributed by atoms with Crippen molar-refractivity contribution in [2.45, 2.75) is 32.5 Å². The highest BCUT2D eigenvalue weighted by Gasteiger charge is 2.38. The van der Waals surface area contributed by atoms with E-state index in [4.69, 9.17) is 19.6 Å². The van der Waals surface area contributed by atoms with Crippen molar-refractivity contribution in [3.63, 3.8) is 0 Å². The molecule has 0 radical (unpaired) electrons. The van der Waals surface area contributed by atoms with Crippen molar-refractivity contribution in [2.24, 2.45) is 0 Å². The number of nitrogens with zero attached hydrogens (tertiary/aromatic N) is 2. The van der Waals surface area contributed by atoms with Crippen LogP contribution < -0.4 is 4.74 Å². The van der Waals surface area contributed by atoms with E-state index in [1.54, 1.807) is 7.11 Å². The molecule has 0 aliphatic heterocycles. The van der Waals surface area contributed by atoms with E-state index in [2.05, 4.69) is 78.2 Å². The molecule has 1 N–H and O–H groups in total. The van der Waals surface area contributed by atoms with Gasteiger partial charge in [0, 0.05) is 17.8 Å². The summed E-state index contributed by atoms with van der Waals surface area (Å²) in [6.07, 6.45) is -1.03. The van der Waals surface area contributed by atoms with Gasteiger partial charge >= 0.3 is 12.1 Å². The Balaban J connectivity index is 0.000000454. The zero-order valence-corrected chi connectivity index (χ0v) is 20.0. The topological polar surface area (TPSA) is 64.4 Å². The van der Waals surface area contributed by atoms with E-state index in [9.17, 15) is 13.2 Å². The van der Waals surface area contributed by atoms with Gasteiger partial charge in [-0.05, 0) is 53.4 Å². The molecule has 188 valence electrons. The van der Waals surface area contributed by atoms with Crippen LogP contribution in [0.1, 0.15) is 24.6 Å². The van der Waals surface area contributed by atoms with Gasteiger partial charge < -0.3 is 14.4 Å². The first-order chi connectivity index (χ1) is 17.2. The highest BCUT2D eigenvalue weighted by molar-refractivity contribution is 5.73. The second-order valence-electron chi connectivity index (χ2n) is 8.02. The van der Waals surface area contributed by atoms with Crippen LogP contribution in [-0.2, 0) is 17.8 Å². The number of halogens is 3. The number of hydrogen-bond donors (Lipinski definition) is 1. The average Bonchev–Trinajstić information content (AvgIpc) is 3.27. The van der Waals surface area contributed by atoms with Crippen molar-refractivity contribution in [1.29, 1.82) is 0 Å². The Bertz CT molecular complexity index is 1270. The molecule has 0 saturated heterocycles. The van der Waals surface area contributed by atoms with Gasteiger partial charge in [-0.2, -0.15) is 13.2 Å². The molecule has 0 aliphatic rings. The molecule has 4 aromatic rings. The van der Waals surface area contributed by atoms with E-state index >= 15 is 0 Å². The number of carboxylic acids is 1. The summed E-state index contributed by atoms with van der Waals surface area (Å²) in [7, 11) is 1.69. The Labute approximate surface area is 207 Å². The van der Waals surface area contributed by atoms with Gasteiger partial charge in [0.15, 0.2) is 0 Å². The molecule has 0 unspecified atom stereocenters. The number of benzene rings is 3. The lowest BCUT2D eigenvalue weighted by Gasteiger charge is -2.11. The van der Waals surface area contributed by atoms with Crippen LogP contribution in [0.15, 0.2) is 85.2 Å². The van der Waals surface area contributed by atoms with Gasteiger partial charge in [0.2, 0.25) is 0 Å². The summed E-state index contributed by atoms with van der Waals surface area (Å²) in [5, 5.41) is 7.12. The van der Waals surface area contributed by atoms with Crippen LogP contribution in [-0.4, -0.2) is 33.9 Å². The molecule has 0 atom stereocenters. The number of imidazole rings is 1. The molecule has 8 heteroatoms. The Morgan fingerprint density at radius 3 is 2.17 bits per heavy atom. The molecule has 5 nitrogen and oxygen atoms in total. The van der Waals surface area contributed by atoms with Crippen LogP contribution in [0.5, 0.6) is 5.75 Å². The maximum absolute atomic E-state index is 10.6. The molecule has 36 heavy (non-hydrogen) atoms. The Morgan fingerprint density at radius 1 is 0.944 bits per heavy atom. The zero-order chi connectivity index (χ0) is 26.1. The molecular weight excluding hydrogens is 469 g/mol. The van der Waals surface area contributed by atoms with E-state index in [0.29, 0.717) is 0 Å². The largest absolute Gasteiger partial charge is 0.497 e. The zero-order valence-electron chi connectivity index (χ0n) is 20.0. The number of methoxy groups -OCH3 is 1. The quantitative estimate of drug-likeness (QED) is 0.304. The normalized spacial score (nSPS) is 10.9. The molecule has 0 saturated carbocycles. The van der Waals surface area contributed by atoms with Crippen molar-refractivity contribution in [3.8, 4) is 28.1 Å². The third kappa shape index (κ3) is 6.97. The maximum Gasteiger partial charge on any atom is 0.490 e. The minimum Gasteiger partial charge on any atom is -0.497 e. The summed E-state index contributed by atoms with van der Waals surface area (Å²) in [4.78, 5) is 13.7. The SMILES string of the molecule is CCCc1c(-c2ccc(OC)cc2)ncn1Cc1cccc(-c2ccccc2)c1.O=C(O)C(F)(F)F. The minimum atomic E-state index is -5.08. The van der Waals surface area contributed by atoms with E-state index in [1.165, 1.54) is 22.4 Å². The summed E-state index contributed by atoms with van der Waals surface area (Å²) in [5.41, 5.74) is 7.24. The van der Waals surface area contributed by atoms with Crippen LogP contribution in [0.2, 0.25) is 0 Å². The van der Waals surface area contributed by atoms with Crippen molar-refractivity contribution >= 4 is 5.97 Å². The van der Waals surface area contributed by atoms with Gasteiger partial charge in [0.05, 0.1) is 19.1 Å². The summed E-state index contributed by atoms with van der Waals surface area (Å²) in [6, 6.07) is 27.4. The Kier molecular flexibility index (Phi) is 8.89. The van der Waals surface area contributed by atoms with Gasteiger partial charge in [-0.1, -0.05) is 61.9 Å². The van der Waals surface area contributed by atoms with Crippen LogP contribution in [0, 0.1) is 0 Å². The first-order valence-corrected chi connectivity index (χ1v) is 11.4. The van der Waals surface area contributed by atoms with Gasteiger partial charge in [-0.15, -0.1) is 0 Å². The highest BCUT2D eigenvalue weighted by Crippen LogP contribution is 2.27. The van der Waals surface area contributed by atoms with E-state index in [1.807, 2.05) is 18.5 Å². The fourth-order valence-corrected chi connectivity index (χ4v) is 3.71. The van der Waals surface area contributed by atoms with Crippen molar-refractivity contribution in [1.82, 2.24) is 9.55 Å². The number of alkyl halides is 3. The molecule has 0 aliphatic carbocycles. The molecule has 4 rings (SSSR count). The summed E-state index contributed by atoms with van der Waals surface area (Å²) in [6.45, 7) is 3.03. The summed E-state index contributed by atoms with van der Waals surface area (Å²) < 4.78 is 39.3. The van der Waals surface area contributed by atoms with Crippen molar-refractivity contribution in [2.75, 3.05) is 7.11 Å². The maximum atomic E-state index is 10.6. The van der Waals surface area contributed by atoms with Gasteiger partial charge in [0.25, 0.3) is 0 Å². The number of hydrogen-bond acceptors (Lipinski definition) is 3. The third-order valence-corrected chi connectivity index (χ3v) is 5.43. The smallest absolute Gasteiger partial charge is 0.490 e. The van der Waals surface area contributed by atoms with Gasteiger partial charge in [0.1, 0.15) is 5.75 Å². The fourth-order valence-electron chi connectivity index (χ4n) is 3.71. The molecule has 0 amide bonds. The highest BCUT2D eigenvalue weighted by atomic mass is 19.4. The number of carbonyl (C=O) groups is 1. The molecule has 1 heterocycles. The average molecular weight is 497 g/mol. The molecule has 3 aromatic carbocycles. The van der Waals surface area contributed by atoms with Gasteiger partial charge in [-0.3, -0.25) is 0 Å². The second-order valence-corrected chi connectivity index (χ2v) is 8.02. The molecule has 0 fully saturated rings. The van der Waals surface area contributed by atoms with E-state index < -0.39 is 12.1 Å². The van der Waals surface area contributed by atoms with Crippen LogP contribution in [0.4, 0.5) is 13.2 Å². The molecule has 0 bridgehead atoms. The molecule has 1 aromatic heterocycles. The second kappa shape index (κ2) is 12.1.